The van der Waals surface area contributed by atoms with Crippen LogP contribution in [-0.2, 0) is 27.2 Å². The highest BCUT2D eigenvalue weighted by atomic mass is 79.9. The van der Waals surface area contributed by atoms with Gasteiger partial charge in [-0.1, -0.05) is 58.4 Å². The van der Waals surface area contributed by atoms with E-state index in [1.54, 1.807) is 11.0 Å². The second kappa shape index (κ2) is 10.1. The number of rotatable bonds is 7. The summed E-state index contributed by atoms with van der Waals surface area (Å²) in [5.74, 6) is 0.904. The van der Waals surface area contributed by atoms with Gasteiger partial charge in [-0.15, -0.1) is 0 Å². The van der Waals surface area contributed by atoms with Crippen LogP contribution in [0.5, 0.6) is 11.5 Å². The van der Waals surface area contributed by atoms with Crippen LogP contribution in [0.3, 0.4) is 0 Å². The molecule has 0 saturated carbocycles. The topological polar surface area (TPSA) is 65.1 Å². The summed E-state index contributed by atoms with van der Waals surface area (Å²) >= 11 is 3.51. The lowest BCUT2D eigenvalue weighted by molar-refractivity contribution is -0.139. The first-order chi connectivity index (χ1) is 15.9. The van der Waals surface area contributed by atoms with Crippen LogP contribution >= 0.6 is 15.9 Å². The van der Waals surface area contributed by atoms with Crippen molar-refractivity contribution in [2.45, 2.75) is 32.0 Å². The van der Waals surface area contributed by atoms with Crippen molar-refractivity contribution in [1.29, 1.82) is 0 Å². The van der Waals surface area contributed by atoms with Gasteiger partial charge in [-0.05, 0) is 48.4 Å². The molecule has 0 aromatic heterocycles. The van der Waals surface area contributed by atoms with Crippen LogP contribution in [0, 0.1) is 0 Å². The molecule has 6 nitrogen and oxygen atoms in total. The van der Waals surface area contributed by atoms with Crippen molar-refractivity contribution >= 4 is 28.0 Å². The van der Waals surface area contributed by atoms with Gasteiger partial charge in [0.2, 0.25) is 0 Å². The normalized spacial score (nSPS) is 17.5. The van der Waals surface area contributed by atoms with Gasteiger partial charge in [0.15, 0.2) is 0 Å². The number of ether oxygens (including phenoxy) is 3. The van der Waals surface area contributed by atoms with E-state index < -0.39 is 0 Å². The number of cyclic esters (lactones) is 1. The molecule has 1 aliphatic heterocycles. The van der Waals surface area contributed by atoms with Crippen LogP contribution in [-0.4, -0.2) is 30.1 Å². The van der Waals surface area contributed by atoms with Crippen LogP contribution < -0.4 is 4.74 Å². The Morgan fingerprint density at radius 3 is 2.61 bits per heavy atom. The molecule has 1 amide bonds. The van der Waals surface area contributed by atoms with Crippen LogP contribution in [0.25, 0.3) is 0 Å². The van der Waals surface area contributed by atoms with Gasteiger partial charge < -0.3 is 14.2 Å². The molecule has 1 saturated heterocycles. The number of halogens is 1. The maximum absolute atomic E-state index is 12.7. The van der Waals surface area contributed by atoms with Crippen LogP contribution in [0.15, 0.2) is 77.3 Å². The second-order valence-electron chi connectivity index (χ2n) is 7.84. The van der Waals surface area contributed by atoms with Crippen molar-refractivity contribution in [1.82, 2.24) is 4.90 Å². The molecule has 0 radical (unpaired) electrons. The maximum Gasteiger partial charge on any atom is 0.411 e. The lowest BCUT2D eigenvalue weighted by Crippen LogP contribution is -2.31. The lowest BCUT2D eigenvalue weighted by Gasteiger charge is -2.22. The van der Waals surface area contributed by atoms with E-state index in [0.29, 0.717) is 18.0 Å². The number of carbonyl (C=O) groups excluding carboxylic acids is 2. The Bertz CT molecular complexity index is 1150. The van der Waals surface area contributed by atoms with E-state index in [1.165, 1.54) is 7.11 Å². The summed E-state index contributed by atoms with van der Waals surface area (Å²) in [7, 11) is 1.36. The first kappa shape index (κ1) is 22.9. The predicted molar refractivity (Wildman–Crippen MR) is 127 cm³/mol. The molecule has 33 heavy (non-hydrogen) atoms. The van der Waals surface area contributed by atoms with Crippen LogP contribution in [0.1, 0.15) is 29.7 Å². The number of hydrogen-bond donors (Lipinski definition) is 0. The van der Waals surface area contributed by atoms with Gasteiger partial charge in [0, 0.05) is 10.0 Å². The minimum Gasteiger partial charge on any atom is -0.469 e. The third-order valence-corrected chi connectivity index (χ3v) is 6.08. The first-order valence-electron chi connectivity index (χ1n) is 10.6. The van der Waals surface area contributed by atoms with Crippen LogP contribution in [0.2, 0.25) is 0 Å². The van der Waals surface area contributed by atoms with E-state index in [4.69, 9.17) is 14.2 Å². The number of amides is 1. The number of carbonyl (C=O) groups is 2. The van der Waals surface area contributed by atoms with Gasteiger partial charge in [0.1, 0.15) is 17.6 Å². The van der Waals surface area contributed by atoms with Crippen LogP contribution in [0.4, 0.5) is 4.79 Å². The minimum absolute atomic E-state index is 0.143. The molecule has 0 spiro atoms. The molecule has 0 bridgehead atoms. The highest BCUT2D eigenvalue weighted by Gasteiger charge is 2.39. The fraction of sp³-hybridized carbons (Fsp3) is 0.231. The molecule has 0 unspecified atom stereocenters. The van der Waals surface area contributed by atoms with Gasteiger partial charge in [-0.25, -0.2) is 4.79 Å². The fourth-order valence-corrected chi connectivity index (χ4v) is 4.25. The summed E-state index contributed by atoms with van der Waals surface area (Å²) in [4.78, 5) is 26.0. The zero-order valence-corrected chi connectivity index (χ0v) is 19.9. The lowest BCUT2D eigenvalue weighted by atomic mass is 10.0. The largest absolute Gasteiger partial charge is 0.469 e. The van der Waals surface area contributed by atoms with E-state index in [9.17, 15) is 9.59 Å². The monoisotopic (exact) mass is 509 g/mol. The van der Waals surface area contributed by atoms with Gasteiger partial charge >= 0.3 is 12.1 Å². The Labute approximate surface area is 201 Å². The van der Waals surface area contributed by atoms with Crippen molar-refractivity contribution in [3.8, 4) is 11.5 Å². The second-order valence-corrected chi connectivity index (χ2v) is 8.75. The quantitative estimate of drug-likeness (QED) is 0.363. The summed E-state index contributed by atoms with van der Waals surface area (Å²) in [5, 5.41) is 0. The van der Waals surface area contributed by atoms with Gasteiger partial charge in [0.05, 0.1) is 26.1 Å². The average molecular weight is 510 g/mol. The molecular weight excluding hydrogens is 486 g/mol. The summed E-state index contributed by atoms with van der Waals surface area (Å²) in [5.41, 5.74) is 2.59. The highest BCUT2D eigenvalue weighted by Crippen LogP contribution is 2.36. The molecule has 1 heterocycles. The zero-order valence-electron chi connectivity index (χ0n) is 18.4. The van der Waals surface area contributed by atoms with E-state index in [-0.39, 0.29) is 30.6 Å². The Kier molecular flexibility index (Phi) is 6.99. The average Bonchev–Trinajstić information content (AvgIpc) is 3.10. The van der Waals surface area contributed by atoms with Crippen molar-refractivity contribution in [2.24, 2.45) is 0 Å². The molecule has 1 aliphatic rings. The fourth-order valence-electron chi connectivity index (χ4n) is 3.84. The standard InChI is InChI=1S/C26H24BrNO5/c1-17-25(19-8-4-3-5-9-19)33-26(30)28(17)16-20-15-21(27)11-12-23(20)32-22-10-6-7-18(13-22)14-24(29)31-2/h3-13,15,17,25H,14,16H2,1-2H3/t17-,25-/m0/s1. The molecule has 0 N–H and O–H groups in total. The number of methoxy groups -OCH3 is 1. The van der Waals surface area contributed by atoms with Crippen molar-refractivity contribution in [3.05, 3.63) is 94.0 Å². The van der Waals surface area contributed by atoms with Gasteiger partial charge in [0.25, 0.3) is 0 Å². The van der Waals surface area contributed by atoms with E-state index in [2.05, 4.69) is 15.9 Å². The third-order valence-electron chi connectivity index (χ3n) is 5.59. The minimum atomic E-state index is -0.359. The van der Waals surface area contributed by atoms with E-state index >= 15 is 0 Å². The number of hydrogen-bond acceptors (Lipinski definition) is 5. The summed E-state index contributed by atoms with van der Waals surface area (Å²) in [6, 6.07) is 22.6. The SMILES string of the molecule is COC(=O)Cc1cccc(Oc2ccc(Br)cc2CN2C(=O)O[C@H](c3ccccc3)[C@@H]2C)c1. The van der Waals surface area contributed by atoms with Crippen molar-refractivity contribution in [3.63, 3.8) is 0 Å². The third kappa shape index (κ3) is 5.37. The molecule has 0 aliphatic carbocycles. The first-order valence-corrected chi connectivity index (χ1v) is 11.4. The maximum atomic E-state index is 12.7. The molecular formula is C26H24BrNO5. The highest BCUT2D eigenvalue weighted by molar-refractivity contribution is 9.10. The molecule has 2 atom stereocenters. The van der Waals surface area contributed by atoms with E-state index in [0.717, 1.165) is 21.2 Å². The Morgan fingerprint density at radius 2 is 1.85 bits per heavy atom. The zero-order chi connectivity index (χ0) is 23.4. The molecule has 1 fully saturated rings. The summed E-state index contributed by atoms with van der Waals surface area (Å²) < 4.78 is 17.5. The molecule has 170 valence electrons. The van der Waals surface area contributed by atoms with Gasteiger partial charge in [-0.3, -0.25) is 9.69 Å². The smallest absolute Gasteiger partial charge is 0.411 e. The number of benzene rings is 3. The predicted octanol–water partition coefficient (Wildman–Crippen LogP) is 6.04. The number of nitrogens with zero attached hydrogens (tertiary/aromatic N) is 1. The Morgan fingerprint density at radius 1 is 1.06 bits per heavy atom. The molecule has 3 aromatic carbocycles. The molecule has 7 heteroatoms. The molecule has 3 aromatic rings. The Hall–Kier alpha value is -3.32. The summed E-state index contributed by atoms with van der Waals surface area (Å²) in [6.07, 6.45) is -0.522. The number of esters is 1. The van der Waals surface area contributed by atoms with Crippen molar-refractivity contribution in [2.75, 3.05) is 7.11 Å². The molecule has 4 rings (SSSR count). The van der Waals surface area contributed by atoms with Crippen molar-refractivity contribution < 1.29 is 23.8 Å². The summed E-state index contributed by atoms with van der Waals surface area (Å²) in [6.45, 7) is 2.32. The Balaban J connectivity index is 1.55. The van der Waals surface area contributed by atoms with Gasteiger partial charge in [-0.2, -0.15) is 0 Å². The van der Waals surface area contributed by atoms with E-state index in [1.807, 2.05) is 73.7 Å².